The van der Waals surface area contributed by atoms with Gasteiger partial charge in [0.2, 0.25) is 6.35 Å². The number of aromatic hydroxyl groups is 1. The number of hydrogen-bond donors (Lipinski definition) is 2. The van der Waals surface area contributed by atoms with Gasteiger partial charge in [0.25, 0.3) is 0 Å². The monoisotopic (exact) mass is 611 g/mol. The second kappa shape index (κ2) is 11.8. The van der Waals surface area contributed by atoms with E-state index >= 15 is 4.39 Å². The molecule has 8 nitrogen and oxygen atoms in total. The molecule has 3 fully saturated rings. The quantitative estimate of drug-likeness (QED) is 0.392. The fraction of sp³-hybridized carbons (Fsp3) is 0.515. The number of nitrogens with zero attached hydrogens (tertiary/aromatic N) is 5. The van der Waals surface area contributed by atoms with Gasteiger partial charge in [-0.15, -0.1) is 0 Å². The number of fused-ring (bicyclic) bond motifs is 3. The van der Waals surface area contributed by atoms with Crippen molar-refractivity contribution in [3.05, 3.63) is 53.2 Å². The van der Waals surface area contributed by atoms with Crippen LogP contribution in [0.25, 0.3) is 22.0 Å². The highest BCUT2D eigenvalue weighted by molar-refractivity contribution is 6.06. The van der Waals surface area contributed by atoms with Crippen molar-refractivity contribution in [2.75, 3.05) is 38.4 Å². The van der Waals surface area contributed by atoms with Crippen LogP contribution < -0.4 is 4.90 Å². The van der Waals surface area contributed by atoms with Gasteiger partial charge >= 0.3 is 0 Å². The summed E-state index contributed by atoms with van der Waals surface area (Å²) in [5.41, 5.74) is 1.46. The summed E-state index contributed by atoms with van der Waals surface area (Å²) in [5, 5.41) is 22.0. The number of amidine groups is 1. The van der Waals surface area contributed by atoms with Crippen LogP contribution in [-0.2, 0) is 11.2 Å². The van der Waals surface area contributed by atoms with Gasteiger partial charge < -0.3 is 24.7 Å². The molecule has 0 saturated carbocycles. The number of phenols is 1. The Morgan fingerprint density at radius 2 is 1.98 bits per heavy atom. The topological polar surface area (TPSA) is 84.7 Å². The number of aliphatic imine (C=N–C) groups is 1. The zero-order chi connectivity index (χ0) is 31.3. The van der Waals surface area contributed by atoms with E-state index in [9.17, 15) is 19.0 Å². The highest BCUT2D eigenvalue weighted by atomic mass is 19.1. The molecule has 7 rings (SSSR count). The number of aliphatic hydroxyl groups excluding tert-OH is 1. The first kappa shape index (κ1) is 30.6. The first-order valence-electron chi connectivity index (χ1n) is 15.4. The molecule has 4 aliphatic heterocycles. The maximum atomic E-state index is 16.2. The SMILES string of the molecule is CCc1c(F)ccc2cc(O)cc(-c3ncc4c(c3F)N(C)C(O)N=C4N3COCCC3C)c12.C[C@@]12CCCN1CC(F)C2. The van der Waals surface area contributed by atoms with Gasteiger partial charge in [-0.1, -0.05) is 13.0 Å². The molecule has 5 heterocycles. The Bertz CT molecular complexity index is 1600. The lowest BCUT2D eigenvalue weighted by atomic mass is 9.94. The zero-order valence-electron chi connectivity index (χ0n) is 25.7. The van der Waals surface area contributed by atoms with Crippen molar-refractivity contribution in [2.24, 2.45) is 4.99 Å². The number of phenolic OH excluding ortho intramolecular Hbond substituents is 1. The largest absolute Gasteiger partial charge is 0.508 e. The van der Waals surface area contributed by atoms with Gasteiger partial charge in [-0.25, -0.2) is 18.2 Å². The molecule has 44 heavy (non-hydrogen) atoms. The van der Waals surface area contributed by atoms with E-state index in [1.807, 2.05) is 18.7 Å². The summed E-state index contributed by atoms with van der Waals surface area (Å²) in [4.78, 5) is 14.3. The minimum atomic E-state index is -1.30. The molecule has 0 amide bonds. The van der Waals surface area contributed by atoms with Crippen molar-refractivity contribution in [3.8, 4) is 17.0 Å². The van der Waals surface area contributed by atoms with E-state index in [0.29, 0.717) is 47.3 Å². The smallest absolute Gasteiger partial charge is 0.227 e. The van der Waals surface area contributed by atoms with Gasteiger partial charge in [-0.2, -0.15) is 0 Å². The Morgan fingerprint density at radius 3 is 2.70 bits per heavy atom. The number of hydrogen-bond acceptors (Lipinski definition) is 8. The Morgan fingerprint density at radius 1 is 1.18 bits per heavy atom. The minimum Gasteiger partial charge on any atom is -0.508 e. The molecule has 0 aliphatic carbocycles. The molecular formula is C33H40F3N5O3. The van der Waals surface area contributed by atoms with Crippen molar-refractivity contribution < 1.29 is 28.1 Å². The Kier molecular flexibility index (Phi) is 8.23. The van der Waals surface area contributed by atoms with Crippen LogP contribution in [-0.4, -0.2) is 88.4 Å². The first-order chi connectivity index (χ1) is 21.0. The highest BCUT2D eigenvalue weighted by Crippen LogP contribution is 2.41. The van der Waals surface area contributed by atoms with E-state index in [1.54, 1.807) is 13.1 Å². The fourth-order valence-electron chi connectivity index (χ4n) is 7.19. The highest BCUT2D eigenvalue weighted by Gasteiger charge is 2.44. The number of halogens is 3. The Hall–Kier alpha value is -3.41. The molecular weight excluding hydrogens is 571 g/mol. The second-order valence-corrected chi connectivity index (χ2v) is 12.6. The number of rotatable bonds is 2. The number of pyridine rings is 1. The predicted octanol–water partition coefficient (Wildman–Crippen LogP) is 5.57. The summed E-state index contributed by atoms with van der Waals surface area (Å²) < 4.78 is 49.3. The molecule has 2 N–H and O–H groups in total. The first-order valence-corrected chi connectivity index (χ1v) is 15.4. The van der Waals surface area contributed by atoms with Crippen molar-refractivity contribution in [2.45, 2.75) is 77.0 Å². The Balaban J connectivity index is 0.000000289. The number of benzene rings is 2. The Labute approximate surface area is 255 Å². The van der Waals surface area contributed by atoms with Crippen molar-refractivity contribution in [1.82, 2.24) is 14.8 Å². The van der Waals surface area contributed by atoms with Crippen LogP contribution in [0.15, 0.2) is 35.5 Å². The van der Waals surface area contributed by atoms with Gasteiger partial charge in [-0.05, 0) is 87.0 Å². The van der Waals surface area contributed by atoms with Gasteiger partial charge in [0.05, 0.1) is 17.9 Å². The third kappa shape index (κ3) is 5.28. The van der Waals surface area contributed by atoms with E-state index in [1.165, 1.54) is 42.1 Å². The predicted molar refractivity (Wildman–Crippen MR) is 165 cm³/mol. The third-order valence-electron chi connectivity index (χ3n) is 9.63. The van der Waals surface area contributed by atoms with Crippen LogP contribution in [0, 0.1) is 11.6 Å². The van der Waals surface area contributed by atoms with E-state index in [-0.39, 0.29) is 41.0 Å². The summed E-state index contributed by atoms with van der Waals surface area (Å²) in [6, 6.07) is 5.90. The van der Waals surface area contributed by atoms with E-state index in [0.717, 1.165) is 19.4 Å². The van der Waals surface area contributed by atoms with Crippen LogP contribution in [0.4, 0.5) is 18.9 Å². The van der Waals surface area contributed by atoms with Crippen molar-refractivity contribution in [1.29, 1.82) is 0 Å². The number of aliphatic hydroxyl groups is 1. The third-order valence-corrected chi connectivity index (χ3v) is 9.63. The standard InChI is InChI=1S/C25H26F2N4O3.C8H14FN/c1-4-16-19(26)6-5-14-9-15(32)10-17(20(14)16)22-21(27)23-18(11-28-22)24(29-25(33)30(23)3)31-12-34-8-7-13(31)2;1-8-3-2-4-10(8)6-7(9)5-8/h5-6,9-11,13,25,32-33H,4,7-8,12H2,1-3H3;7H,2-6H2,1H3/t;7?,8-/m.0/s1. The second-order valence-electron chi connectivity index (χ2n) is 12.6. The summed E-state index contributed by atoms with van der Waals surface area (Å²) in [5.74, 6) is -0.756. The average molecular weight is 612 g/mol. The van der Waals surface area contributed by atoms with E-state index < -0.39 is 24.2 Å². The van der Waals surface area contributed by atoms with Crippen LogP contribution >= 0.6 is 0 Å². The lowest BCUT2D eigenvalue weighted by Gasteiger charge is -2.40. The van der Waals surface area contributed by atoms with Crippen LogP contribution in [0.1, 0.15) is 57.6 Å². The van der Waals surface area contributed by atoms with Gasteiger partial charge in [-0.3, -0.25) is 9.88 Å². The van der Waals surface area contributed by atoms with Gasteiger partial charge in [0, 0.05) is 36.9 Å². The minimum absolute atomic E-state index is 0.0387. The summed E-state index contributed by atoms with van der Waals surface area (Å²) >= 11 is 0. The average Bonchev–Trinajstić information content (AvgIpc) is 3.48. The zero-order valence-corrected chi connectivity index (χ0v) is 25.7. The normalized spacial score (nSPS) is 26.7. The number of anilines is 1. The molecule has 3 saturated heterocycles. The number of aryl methyl sites for hydroxylation is 1. The van der Waals surface area contributed by atoms with Crippen LogP contribution in [0.2, 0.25) is 0 Å². The van der Waals surface area contributed by atoms with Crippen molar-refractivity contribution >= 4 is 22.3 Å². The summed E-state index contributed by atoms with van der Waals surface area (Å²) in [7, 11) is 1.55. The lowest BCUT2D eigenvalue weighted by Crippen LogP contribution is -2.48. The van der Waals surface area contributed by atoms with Gasteiger partial charge in [0.1, 0.15) is 36.0 Å². The van der Waals surface area contributed by atoms with E-state index in [4.69, 9.17) is 4.74 Å². The number of ether oxygens (including phenoxy) is 1. The maximum absolute atomic E-state index is 16.2. The fourth-order valence-corrected chi connectivity index (χ4v) is 7.19. The molecule has 4 aliphatic rings. The molecule has 1 aromatic heterocycles. The van der Waals surface area contributed by atoms with Crippen molar-refractivity contribution in [3.63, 3.8) is 0 Å². The van der Waals surface area contributed by atoms with E-state index in [2.05, 4.69) is 21.8 Å². The molecule has 3 aromatic rings. The molecule has 0 bridgehead atoms. The number of alkyl halides is 1. The summed E-state index contributed by atoms with van der Waals surface area (Å²) in [6.45, 7) is 8.74. The number of aromatic nitrogens is 1. The summed E-state index contributed by atoms with van der Waals surface area (Å²) in [6.07, 6.45) is 4.06. The molecule has 4 atom stereocenters. The van der Waals surface area contributed by atoms with Gasteiger partial charge in [0.15, 0.2) is 5.82 Å². The molecule has 236 valence electrons. The lowest BCUT2D eigenvalue weighted by molar-refractivity contribution is -0.00320. The van der Waals surface area contributed by atoms with Crippen LogP contribution in [0.5, 0.6) is 5.75 Å². The molecule has 3 unspecified atom stereocenters. The molecule has 0 spiro atoms. The maximum Gasteiger partial charge on any atom is 0.227 e. The van der Waals surface area contributed by atoms with Crippen LogP contribution in [0.3, 0.4) is 0 Å². The molecule has 11 heteroatoms. The molecule has 0 radical (unpaired) electrons. The molecule has 2 aromatic carbocycles.